The number of carbonyl (C=O) groups excluding carboxylic acids is 2. The van der Waals surface area contributed by atoms with E-state index in [1.54, 1.807) is 18.0 Å². The molecule has 0 fully saturated rings. The SMILES string of the molecule is CCOC(=O)CC1=CCCN(NC(=O)c2ccccc2F)C1. The molecule has 1 heterocycles. The minimum absolute atomic E-state index is 0.00370. The highest BCUT2D eigenvalue weighted by atomic mass is 19.1. The molecule has 0 atom stereocenters. The molecule has 22 heavy (non-hydrogen) atoms. The van der Waals surface area contributed by atoms with Crippen molar-refractivity contribution in [1.82, 2.24) is 10.4 Å². The van der Waals surface area contributed by atoms with Gasteiger partial charge < -0.3 is 4.74 Å². The van der Waals surface area contributed by atoms with Gasteiger partial charge in [-0.25, -0.2) is 9.40 Å². The van der Waals surface area contributed by atoms with Crippen LogP contribution in [0.2, 0.25) is 0 Å². The van der Waals surface area contributed by atoms with Crippen LogP contribution >= 0.6 is 0 Å². The summed E-state index contributed by atoms with van der Waals surface area (Å²) in [4.78, 5) is 23.5. The summed E-state index contributed by atoms with van der Waals surface area (Å²) < 4.78 is 18.5. The van der Waals surface area contributed by atoms with Crippen molar-refractivity contribution in [2.24, 2.45) is 0 Å². The van der Waals surface area contributed by atoms with Crippen LogP contribution in [0.15, 0.2) is 35.9 Å². The molecule has 0 radical (unpaired) electrons. The normalized spacial score (nSPS) is 15.1. The van der Waals surface area contributed by atoms with Crippen molar-refractivity contribution in [3.05, 3.63) is 47.3 Å². The average Bonchev–Trinajstić information content (AvgIpc) is 2.48. The Kier molecular flexibility index (Phi) is 5.66. The first kappa shape index (κ1) is 16.2. The van der Waals surface area contributed by atoms with Crippen LogP contribution in [0.4, 0.5) is 4.39 Å². The molecule has 1 aliphatic rings. The lowest BCUT2D eigenvalue weighted by Crippen LogP contribution is -2.45. The van der Waals surface area contributed by atoms with Crippen LogP contribution in [0.3, 0.4) is 0 Å². The van der Waals surface area contributed by atoms with Gasteiger partial charge in [0.2, 0.25) is 0 Å². The fourth-order valence-electron chi connectivity index (χ4n) is 2.28. The smallest absolute Gasteiger partial charge is 0.309 e. The Morgan fingerprint density at radius 1 is 1.36 bits per heavy atom. The molecule has 0 saturated heterocycles. The summed E-state index contributed by atoms with van der Waals surface area (Å²) in [5.74, 6) is -1.33. The van der Waals surface area contributed by atoms with Gasteiger partial charge in [0.1, 0.15) is 5.82 Å². The van der Waals surface area contributed by atoms with Gasteiger partial charge in [0.05, 0.1) is 18.6 Å². The molecule has 1 aromatic rings. The van der Waals surface area contributed by atoms with E-state index in [-0.39, 0.29) is 18.0 Å². The molecule has 6 heteroatoms. The van der Waals surface area contributed by atoms with Crippen LogP contribution in [0.5, 0.6) is 0 Å². The molecule has 1 N–H and O–H groups in total. The lowest BCUT2D eigenvalue weighted by Gasteiger charge is -2.27. The molecule has 0 bridgehead atoms. The molecule has 1 aliphatic heterocycles. The van der Waals surface area contributed by atoms with Crippen molar-refractivity contribution in [3.63, 3.8) is 0 Å². The number of hydrogen-bond donors (Lipinski definition) is 1. The molecule has 0 spiro atoms. The number of ether oxygens (including phenoxy) is 1. The number of carbonyl (C=O) groups is 2. The number of hydrogen-bond acceptors (Lipinski definition) is 4. The van der Waals surface area contributed by atoms with Crippen LogP contribution in [-0.2, 0) is 9.53 Å². The van der Waals surface area contributed by atoms with E-state index in [1.807, 2.05) is 6.08 Å². The van der Waals surface area contributed by atoms with Gasteiger partial charge in [-0.15, -0.1) is 0 Å². The minimum Gasteiger partial charge on any atom is -0.466 e. The van der Waals surface area contributed by atoms with Gasteiger partial charge in [0, 0.05) is 13.1 Å². The Balaban J connectivity index is 1.92. The maximum absolute atomic E-state index is 13.6. The van der Waals surface area contributed by atoms with E-state index in [0.717, 1.165) is 5.57 Å². The van der Waals surface area contributed by atoms with E-state index in [9.17, 15) is 14.0 Å². The van der Waals surface area contributed by atoms with Crippen molar-refractivity contribution in [3.8, 4) is 0 Å². The Hall–Kier alpha value is -2.21. The summed E-state index contributed by atoms with van der Waals surface area (Å²) >= 11 is 0. The molecule has 0 aromatic heterocycles. The number of benzene rings is 1. The Morgan fingerprint density at radius 3 is 2.86 bits per heavy atom. The largest absolute Gasteiger partial charge is 0.466 e. The van der Waals surface area contributed by atoms with Crippen LogP contribution < -0.4 is 5.43 Å². The summed E-state index contributed by atoms with van der Waals surface area (Å²) in [6.07, 6.45) is 2.90. The summed E-state index contributed by atoms with van der Waals surface area (Å²) in [6, 6.07) is 5.83. The number of halogens is 1. The molecule has 5 nitrogen and oxygen atoms in total. The zero-order chi connectivity index (χ0) is 15.9. The molecule has 118 valence electrons. The van der Waals surface area contributed by atoms with Gasteiger partial charge in [0.15, 0.2) is 0 Å². The number of nitrogens with zero attached hydrogens (tertiary/aromatic N) is 1. The number of amides is 1. The molecule has 0 unspecified atom stereocenters. The van der Waals surface area contributed by atoms with E-state index in [4.69, 9.17) is 4.74 Å². The quantitative estimate of drug-likeness (QED) is 0.668. The number of hydrazine groups is 1. The monoisotopic (exact) mass is 306 g/mol. The second-order valence-corrected chi connectivity index (χ2v) is 4.98. The van der Waals surface area contributed by atoms with Gasteiger partial charge in [-0.2, -0.15) is 0 Å². The Labute approximate surface area is 128 Å². The van der Waals surface area contributed by atoms with Gasteiger partial charge in [0.25, 0.3) is 5.91 Å². The highest BCUT2D eigenvalue weighted by Crippen LogP contribution is 2.13. The minimum atomic E-state index is -0.556. The Morgan fingerprint density at radius 2 is 2.14 bits per heavy atom. The van der Waals surface area contributed by atoms with Crippen molar-refractivity contribution in [2.45, 2.75) is 19.8 Å². The molecule has 0 saturated carbocycles. The zero-order valence-electron chi connectivity index (χ0n) is 12.5. The van der Waals surface area contributed by atoms with E-state index in [0.29, 0.717) is 26.1 Å². The third kappa shape index (κ3) is 4.39. The van der Waals surface area contributed by atoms with Gasteiger partial charge in [-0.3, -0.25) is 15.0 Å². The molecular formula is C16H19FN2O3. The van der Waals surface area contributed by atoms with Gasteiger partial charge in [-0.05, 0) is 31.1 Å². The number of nitrogens with one attached hydrogen (secondary N) is 1. The summed E-state index contributed by atoms with van der Waals surface area (Å²) in [5, 5.41) is 1.68. The highest BCUT2D eigenvalue weighted by Gasteiger charge is 2.19. The lowest BCUT2D eigenvalue weighted by molar-refractivity contribution is -0.142. The van der Waals surface area contributed by atoms with E-state index in [1.165, 1.54) is 18.2 Å². The second-order valence-electron chi connectivity index (χ2n) is 4.98. The predicted octanol–water partition coefficient (Wildman–Crippen LogP) is 2.06. The molecule has 2 rings (SSSR count). The predicted molar refractivity (Wildman–Crippen MR) is 79.4 cm³/mol. The van der Waals surface area contributed by atoms with Crippen LogP contribution in [0.25, 0.3) is 0 Å². The van der Waals surface area contributed by atoms with Gasteiger partial charge >= 0.3 is 5.97 Å². The maximum Gasteiger partial charge on any atom is 0.309 e. The lowest BCUT2D eigenvalue weighted by atomic mass is 10.1. The van der Waals surface area contributed by atoms with E-state index < -0.39 is 11.7 Å². The maximum atomic E-state index is 13.6. The molecular weight excluding hydrogens is 287 g/mol. The van der Waals surface area contributed by atoms with Crippen molar-refractivity contribution in [1.29, 1.82) is 0 Å². The van der Waals surface area contributed by atoms with Crippen molar-refractivity contribution >= 4 is 11.9 Å². The first-order valence-electron chi connectivity index (χ1n) is 7.24. The molecule has 0 aliphatic carbocycles. The zero-order valence-corrected chi connectivity index (χ0v) is 12.5. The summed E-state index contributed by atoms with van der Waals surface area (Å²) in [7, 11) is 0. The standard InChI is InChI=1S/C16H19FN2O3/c1-2-22-15(20)10-12-6-5-9-19(11-12)18-16(21)13-7-3-4-8-14(13)17/h3-4,6-8H,2,5,9-11H2,1H3,(H,18,21). The van der Waals surface area contributed by atoms with Crippen molar-refractivity contribution < 1.29 is 18.7 Å². The average molecular weight is 306 g/mol. The Bertz CT molecular complexity index is 587. The molecule has 1 aromatic carbocycles. The van der Waals surface area contributed by atoms with Gasteiger partial charge in [-0.1, -0.05) is 18.2 Å². The number of esters is 1. The first-order chi connectivity index (χ1) is 10.6. The topological polar surface area (TPSA) is 58.6 Å². The molecule has 1 amide bonds. The van der Waals surface area contributed by atoms with Crippen LogP contribution in [0, 0.1) is 5.82 Å². The second kappa shape index (κ2) is 7.70. The fraction of sp³-hybridized carbons (Fsp3) is 0.375. The summed E-state index contributed by atoms with van der Waals surface area (Å²) in [5.41, 5.74) is 3.56. The first-order valence-corrected chi connectivity index (χ1v) is 7.24. The van der Waals surface area contributed by atoms with E-state index >= 15 is 0 Å². The van der Waals surface area contributed by atoms with Crippen LogP contribution in [0.1, 0.15) is 30.1 Å². The third-order valence-corrected chi connectivity index (χ3v) is 3.28. The fourth-order valence-corrected chi connectivity index (χ4v) is 2.28. The third-order valence-electron chi connectivity index (χ3n) is 3.28. The highest BCUT2D eigenvalue weighted by molar-refractivity contribution is 5.94. The van der Waals surface area contributed by atoms with Crippen LogP contribution in [-0.4, -0.2) is 36.6 Å². The summed E-state index contributed by atoms with van der Waals surface area (Å²) in [6.45, 7) is 3.15. The van der Waals surface area contributed by atoms with Crippen molar-refractivity contribution in [2.75, 3.05) is 19.7 Å². The van der Waals surface area contributed by atoms with E-state index in [2.05, 4.69) is 5.43 Å². The number of rotatable bonds is 5.